The van der Waals surface area contributed by atoms with Crippen LogP contribution in [-0.4, -0.2) is 34.0 Å². The van der Waals surface area contributed by atoms with Gasteiger partial charge in [-0.25, -0.2) is 0 Å². The molecular formula is C14H16N2OS2. The summed E-state index contributed by atoms with van der Waals surface area (Å²) < 4.78 is 0. The summed E-state index contributed by atoms with van der Waals surface area (Å²) in [5.41, 5.74) is -0.0220. The normalized spacial score (nSPS) is 19.5. The van der Waals surface area contributed by atoms with Crippen molar-refractivity contribution in [2.75, 3.05) is 29.1 Å². The maximum absolute atomic E-state index is 11.9. The van der Waals surface area contributed by atoms with Crippen LogP contribution in [0.3, 0.4) is 0 Å². The summed E-state index contributed by atoms with van der Waals surface area (Å²) in [4.78, 5) is 14.9. The van der Waals surface area contributed by atoms with E-state index >= 15 is 0 Å². The SMILES string of the molecule is O=c1[nH]c(NCC2CSCCS2)cc2ccccc12. The van der Waals surface area contributed by atoms with Crippen LogP contribution in [0.2, 0.25) is 0 Å². The van der Waals surface area contributed by atoms with Crippen molar-refractivity contribution in [2.45, 2.75) is 5.25 Å². The Kier molecular flexibility index (Phi) is 4.03. The lowest BCUT2D eigenvalue weighted by atomic mass is 10.2. The molecule has 3 rings (SSSR count). The minimum atomic E-state index is -0.0220. The quantitative estimate of drug-likeness (QED) is 0.913. The molecule has 0 amide bonds. The summed E-state index contributed by atoms with van der Waals surface area (Å²) in [6.45, 7) is 0.909. The van der Waals surface area contributed by atoms with Gasteiger partial charge in [0.1, 0.15) is 5.82 Å². The second-order valence-electron chi connectivity index (χ2n) is 4.55. The summed E-state index contributed by atoms with van der Waals surface area (Å²) in [5, 5.41) is 5.72. The summed E-state index contributed by atoms with van der Waals surface area (Å²) in [5.74, 6) is 4.49. The Hall–Kier alpha value is -1.07. The summed E-state index contributed by atoms with van der Waals surface area (Å²) >= 11 is 4.03. The zero-order valence-electron chi connectivity index (χ0n) is 10.5. The fourth-order valence-corrected chi connectivity index (χ4v) is 4.80. The van der Waals surface area contributed by atoms with Crippen molar-refractivity contribution in [1.82, 2.24) is 4.98 Å². The third kappa shape index (κ3) is 3.09. The van der Waals surface area contributed by atoms with Crippen LogP contribution in [-0.2, 0) is 0 Å². The van der Waals surface area contributed by atoms with Gasteiger partial charge in [-0.05, 0) is 17.5 Å². The van der Waals surface area contributed by atoms with Gasteiger partial charge in [0.2, 0.25) is 0 Å². The first-order valence-corrected chi connectivity index (χ1v) is 8.58. The van der Waals surface area contributed by atoms with E-state index in [0.717, 1.165) is 23.1 Å². The number of benzene rings is 1. The van der Waals surface area contributed by atoms with Gasteiger partial charge in [0.05, 0.1) is 0 Å². The Morgan fingerprint density at radius 1 is 1.32 bits per heavy atom. The molecule has 2 N–H and O–H groups in total. The smallest absolute Gasteiger partial charge is 0.257 e. The molecule has 5 heteroatoms. The lowest BCUT2D eigenvalue weighted by molar-refractivity contribution is 0.992. The predicted octanol–water partition coefficient (Wildman–Crippen LogP) is 2.79. The van der Waals surface area contributed by atoms with Gasteiger partial charge in [0, 0.05) is 34.4 Å². The molecule has 100 valence electrons. The second-order valence-corrected chi connectivity index (χ2v) is 7.11. The molecule has 1 aliphatic heterocycles. The van der Waals surface area contributed by atoms with Gasteiger partial charge in [-0.15, -0.1) is 0 Å². The van der Waals surface area contributed by atoms with Crippen molar-refractivity contribution in [3.8, 4) is 0 Å². The van der Waals surface area contributed by atoms with Gasteiger partial charge >= 0.3 is 0 Å². The van der Waals surface area contributed by atoms with Crippen LogP contribution in [0.25, 0.3) is 10.8 Å². The molecule has 1 saturated heterocycles. The number of anilines is 1. The Morgan fingerprint density at radius 3 is 3.05 bits per heavy atom. The van der Waals surface area contributed by atoms with Crippen LogP contribution in [0.4, 0.5) is 5.82 Å². The topological polar surface area (TPSA) is 44.9 Å². The Bertz CT molecular complexity index is 620. The molecule has 1 aliphatic rings. The number of fused-ring (bicyclic) bond motifs is 1. The number of rotatable bonds is 3. The Labute approximate surface area is 120 Å². The molecule has 1 fully saturated rings. The number of hydrogen-bond donors (Lipinski definition) is 2. The minimum Gasteiger partial charge on any atom is -0.370 e. The van der Waals surface area contributed by atoms with E-state index in [2.05, 4.69) is 10.3 Å². The molecule has 1 aromatic heterocycles. The number of H-pyrrole nitrogens is 1. The number of aromatic amines is 1. The minimum absolute atomic E-state index is 0.0220. The zero-order chi connectivity index (χ0) is 13.1. The number of thioether (sulfide) groups is 2. The molecule has 19 heavy (non-hydrogen) atoms. The summed E-state index contributed by atoms with van der Waals surface area (Å²) in [6, 6.07) is 9.68. The average molecular weight is 292 g/mol. The van der Waals surface area contributed by atoms with Crippen molar-refractivity contribution in [2.24, 2.45) is 0 Å². The highest BCUT2D eigenvalue weighted by molar-refractivity contribution is 8.06. The fraction of sp³-hybridized carbons (Fsp3) is 0.357. The van der Waals surface area contributed by atoms with Gasteiger partial charge < -0.3 is 10.3 Å². The second kappa shape index (κ2) is 5.92. The maximum atomic E-state index is 11.9. The molecule has 0 aliphatic carbocycles. The molecule has 0 saturated carbocycles. The van der Waals surface area contributed by atoms with E-state index in [4.69, 9.17) is 0 Å². The molecule has 1 aromatic carbocycles. The van der Waals surface area contributed by atoms with Crippen LogP contribution < -0.4 is 10.9 Å². The first-order chi connectivity index (χ1) is 9.33. The molecule has 1 atom stereocenters. The van der Waals surface area contributed by atoms with E-state index in [9.17, 15) is 4.79 Å². The van der Waals surface area contributed by atoms with Crippen LogP contribution >= 0.6 is 23.5 Å². The fourth-order valence-electron chi connectivity index (χ4n) is 2.18. The molecule has 0 bridgehead atoms. The standard InChI is InChI=1S/C14H16N2OS2/c17-14-12-4-2-1-3-10(12)7-13(16-14)15-8-11-9-18-5-6-19-11/h1-4,7,11H,5-6,8-9H2,(H2,15,16,17). The molecule has 0 spiro atoms. The van der Waals surface area contributed by atoms with Gasteiger partial charge in [0.25, 0.3) is 5.56 Å². The van der Waals surface area contributed by atoms with Crippen molar-refractivity contribution < 1.29 is 0 Å². The highest BCUT2D eigenvalue weighted by atomic mass is 32.2. The van der Waals surface area contributed by atoms with Gasteiger partial charge in [-0.1, -0.05) is 18.2 Å². The van der Waals surface area contributed by atoms with Crippen molar-refractivity contribution >= 4 is 40.1 Å². The van der Waals surface area contributed by atoms with Crippen molar-refractivity contribution in [1.29, 1.82) is 0 Å². The van der Waals surface area contributed by atoms with Crippen LogP contribution in [0.1, 0.15) is 0 Å². The highest BCUT2D eigenvalue weighted by Gasteiger charge is 2.14. The van der Waals surface area contributed by atoms with Gasteiger partial charge in [-0.3, -0.25) is 4.79 Å². The maximum Gasteiger partial charge on any atom is 0.257 e. The molecular weight excluding hydrogens is 276 g/mol. The number of nitrogens with one attached hydrogen (secondary N) is 2. The third-order valence-electron chi connectivity index (χ3n) is 3.16. The number of hydrogen-bond acceptors (Lipinski definition) is 4. The van der Waals surface area contributed by atoms with Crippen molar-refractivity contribution in [3.05, 3.63) is 40.7 Å². The van der Waals surface area contributed by atoms with Gasteiger partial charge in [-0.2, -0.15) is 23.5 Å². The lowest BCUT2D eigenvalue weighted by Crippen LogP contribution is -2.24. The van der Waals surface area contributed by atoms with Gasteiger partial charge in [0.15, 0.2) is 0 Å². The van der Waals surface area contributed by atoms with Crippen molar-refractivity contribution in [3.63, 3.8) is 0 Å². The zero-order valence-corrected chi connectivity index (χ0v) is 12.2. The average Bonchev–Trinajstić information content (AvgIpc) is 2.46. The van der Waals surface area contributed by atoms with Crippen LogP contribution in [0.5, 0.6) is 0 Å². The van der Waals surface area contributed by atoms with E-state index in [1.165, 1.54) is 17.3 Å². The predicted molar refractivity (Wildman–Crippen MR) is 86.6 cm³/mol. The summed E-state index contributed by atoms with van der Waals surface area (Å²) in [7, 11) is 0. The third-order valence-corrected chi connectivity index (χ3v) is 6.00. The van der Waals surface area contributed by atoms with E-state index in [1.54, 1.807) is 0 Å². The van der Waals surface area contributed by atoms with E-state index in [0.29, 0.717) is 5.25 Å². The van der Waals surface area contributed by atoms with E-state index in [-0.39, 0.29) is 5.56 Å². The highest BCUT2D eigenvalue weighted by Crippen LogP contribution is 2.24. The molecule has 2 aromatic rings. The molecule has 0 radical (unpaired) electrons. The molecule has 1 unspecified atom stereocenters. The monoisotopic (exact) mass is 292 g/mol. The van der Waals surface area contributed by atoms with E-state index in [1.807, 2.05) is 53.9 Å². The Balaban J connectivity index is 1.75. The lowest BCUT2D eigenvalue weighted by Gasteiger charge is -2.21. The molecule has 2 heterocycles. The summed E-state index contributed by atoms with van der Waals surface area (Å²) in [6.07, 6.45) is 0. The Morgan fingerprint density at radius 2 is 2.21 bits per heavy atom. The first kappa shape index (κ1) is 12.9. The molecule has 3 nitrogen and oxygen atoms in total. The van der Waals surface area contributed by atoms with Crippen LogP contribution in [0, 0.1) is 0 Å². The van der Waals surface area contributed by atoms with Crippen LogP contribution in [0.15, 0.2) is 35.1 Å². The van der Waals surface area contributed by atoms with E-state index < -0.39 is 0 Å². The largest absolute Gasteiger partial charge is 0.370 e. The number of pyridine rings is 1. The number of aromatic nitrogens is 1. The first-order valence-electron chi connectivity index (χ1n) is 6.38.